The Balaban J connectivity index is 1.66. The summed E-state index contributed by atoms with van der Waals surface area (Å²) in [4.78, 5) is 25.0. The minimum atomic E-state index is -0.458. The molecule has 0 N–H and O–H groups in total. The minimum Gasteiger partial charge on any atom is -0.312 e. The second-order valence-electron chi connectivity index (χ2n) is 5.64. The molecule has 3 aromatic rings. The number of nitrogens with zero attached hydrogens (tertiary/aromatic N) is 3. The van der Waals surface area contributed by atoms with Crippen molar-refractivity contribution in [2.24, 2.45) is 5.16 Å². The van der Waals surface area contributed by atoms with E-state index in [1.165, 1.54) is 6.33 Å². The van der Waals surface area contributed by atoms with Crippen LogP contribution in [0.3, 0.4) is 0 Å². The maximum Gasteiger partial charge on any atom is 0.368 e. The summed E-state index contributed by atoms with van der Waals surface area (Å²) < 4.78 is 0.908. The first-order valence-electron chi connectivity index (χ1n) is 7.83. The molecule has 126 valence electrons. The summed E-state index contributed by atoms with van der Waals surface area (Å²) in [6.07, 6.45) is 6.79. The fourth-order valence-corrected chi connectivity index (χ4v) is 3.04. The highest BCUT2D eigenvalue weighted by Crippen LogP contribution is 2.24. The van der Waals surface area contributed by atoms with Gasteiger partial charge in [-0.2, -0.15) is 0 Å². The average molecular weight is 406 g/mol. The van der Waals surface area contributed by atoms with Crippen LogP contribution in [-0.4, -0.2) is 21.6 Å². The molecule has 1 aromatic heterocycles. The average Bonchev–Trinajstić information content (AvgIpc) is 3.04. The van der Waals surface area contributed by atoms with Crippen LogP contribution >= 0.6 is 15.9 Å². The standard InChI is InChI=1S/C20H12BrN3O2/c21-17-3-1-2-15(9-17)19-18(20(25)26-24-19)8-13-4-6-14(7-5-13)16-10-22-12-23-11-16/h1-12H/b18-8-. The lowest BCUT2D eigenvalue weighted by atomic mass is 10.00. The topological polar surface area (TPSA) is 64.4 Å². The molecule has 0 unspecified atom stereocenters. The van der Waals surface area contributed by atoms with E-state index in [9.17, 15) is 4.79 Å². The molecule has 1 aliphatic heterocycles. The summed E-state index contributed by atoms with van der Waals surface area (Å²) >= 11 is 3.43. The maximum atomic E-state index is 12.1. The van der Waals surface area contributed by atoms with E-state index in [2.05, 4.69) is 31.1 Å². The Morgan fingerprint density at radius 2 is 1.69 bits per heavy atom. The molecule has 0 spiro atoms. The molecule has 5 nitrogen and oxygen atoms in total. The van der Waals surface area contributed by atoms with Gasteiger partial charge in [0.1, 0.15) is 12.0 Å². The molecule has 0 fully saturated rings. The van der Waals surface area contributed by atoms with E-state index >= 15 is 0 Å². The van der Waals surface area contributed by atoms with Gasteiger partial charge in [-0.05, 0) is 29.3 Å². The largest absolute Gasteiger partial charge is 0.368 e. The molecule has 0 saturated carbocycles. The fraction of sp³-hybridized carbons (Fsp3) is 0. The molecular formula is C20H12BrN3O2. The Hall–Kier alpha value is -3.12. The molecule has 0 aliphatic carbocycles. The first-order valence-corrected chi connectivity index (χ1v) is 8.63. The predicted octanol–water partition coefficient (Wildman–Crippen LogP) is 4.25. The van der Waals surface area contributed by atoms with Gasteiger partial charge in [-0.3, -0.25) is 0 Å². The third-order valence-corrected chi connectivity index (χ3v) is 4.40. The Morgan fingerprint density at radius 3 is 2.42 bits per heavy atom. The Morgan fingerprint density at radius 1 is 0.923 bits per heavy atom. The number of carbonyl (C=O) groups excluding carboxylic acids is 1. The SMILES string of the molecule is O=C1ON=C(c2cccc(Br)c2)/C1=C/c1ccc(-c2cncnc2)cc1. The van der Waals surface area contributed by atoms with Crippen molar-refractivity contribution < 1.29 is 9.63 Å². The van der Waals surface area contributed by atoms with Crippen molar-refractivity contribution >= 4 is 33.7 Å². The number of hydrogen-bond acceptors (Lipinski definition) is 5. The van der Waals surface area contributed by atoms with Gasteiger partial charge in [0.15, 0.2) is 0 Å². The van der Waals surface area contributed by atoms with E-state index in [0.29, 0.717) is 11.3 Å². The highest BCUT2D eigenvalue weighted by Gasteiger charge is 2.26. The van der Waals surface area contributed by atoms with Crippen molar-refractivity contribution in [3.05, 3.63) is 88.4 Å². The minimum absolute atomic E-state index is 0.430. The van der Waals surface area contributed by atoms with Gasteiger partial charge in [0.2, 0.25) is 0 Å². The predicted molar refractivity (Wildman–Crippen MR) is 102 cm³/mol. The van der Waals surface area contributed by atoms with E-state index < -0.39 is 5.97 Å². The third-order valence-electron chi connectivity index (χ3n) is 3.91. The first-order chi connectivity index (χ1) is 12.7. The normalized spacial score (nSPS) is 15.0. The van der Waals surface area contributed by atoms with Crippen molar-refractivity contribution in [3.63, 3.8) is 0 Å². The van der Waals surface area contributed by atoms with Crippen LogP contribution in [0.15, 0.2) is 82.5 Å². The summed E-state index contributed by atoms with van der Waals surface area (Å²) in [7, 11) is 0. The smallest absolute Gasteiger partial charge is 0.312 e. The lowest BCUT2D eigenvalue weighted by Crippen LogP contribution is -2.06. The van der Waals surface area contributed by atoms with Crippen molar-refractivity contribution in [2.45, 2.75) is 0 Å². The number of carbonyl (C=O) groups is 1. The van der Waals surface area contributed by atoms with Crippen LogP contribution < -0.4 is 0 Å². The van der Waals surface area contributed by atoms with E-state index in [4.69, 9.17) is 4.84 Å². The van der Waals surface area contributed by atoms with Crippen molar-refractivity contribution in [1.29, 1.82) is 0 Å². The van der Waals surface area contributed by atoms with Gasteiger partial charge < -0.3 is 4.84 Å². The van der Waals surface area contributed by atoms with Gasteiger partial charge >= 0.3 is 5.97 Å². The summed E-state index contributed by atoms with van der Waals surface area (Å²) in [6.45, 7) is 0. The van der Waals surface area contributed by atoms with Gasteiger partial charge in [-0.15, -0.1) is 0 Å². The number of oxime groups is 1. The number of hydrogen-bond donors (Lipinski definition) is 0. The molecular weight excluding hydrogens is 394 g/mol. The van der Waals surface area contributed by atoms with E-state index in [0.717, 1.165) is 26.7 Å². The van der Waals surface area contributed by atoms with Gasteiger partial charge in [-0.25, -0.2) is 14.8 Å². The maximum absolute atomic E-state index is 12.1. The van der Waals surface area contributed by atoms with Crippen LogP contribution in [0.5, 0.6) is 0 Å². The zero-order valence-electron chi connectivity index (χ0n) is 13.5. The second kappa shape index (κ2) is 7.01. The lowest BCUT2D eigenvalue weighted by Gasteiger charge is -2.03. The monoisotopic (exact) mass is 405 g/mol. The van der Waals surface area contributed by atoms with Crippen LogP contribution in [0.4, 0.5) is 0 Å². The zero-order chi connectivity index (χ0) is 17.9. The van der Waals surface area contributed by atoms with Crippen LogP contribution in [0.25, 0.3) is 17.2 Å². The lowest BCUT2D eigenvalue weighted by molar-refractivity contribution is -0.136. The third kappa shape index (κ3) is 3.32. The van der Waals surface area contributed by atoms with E-state index in [1.807, 2.05) is 48.5 Å². The van der Waals surface area contributed by atoms with Gasteiger partial charge in [0.05, 0.1) is 5.57 Å². The first kappa shape index (κ1) is 16.4. The van der Waals surface area contributed by atoms with Crippen LogP contribution in [0.1, 0.15) is 11.1 Å². The summed E-state index contributed by atoms with van der Waals surface area (Å²) in [5.74, 6) is -0.458. The van der Waals surface area contributed by atoms with Crippen LogP contribution in [0.2, 0.25) is 0 Å². The number of rotatable bonds is 3. The van der Waals surface area contributed by atoms with E-state index in [-0.39, 0.29) is 0 Å². The molecule has 26 heavy (non-hydrogen) atoms. The molecule has 0 atom stereocenters. The number of aromatic nitrogens is 2. The summed E-state index contributed by atoms with van der Waals surface area (Å²) in [5.41, 5.74) is 4.58. The molecule has 1 aliphatic rings. The van der Waals surface area contributed by atoms with E-state index in [1.54, 1.807) is 18.5 Å². The molecule has 0 bridgehead atoms. The summed E-state index contributed by atoms with van der Waals surface area (Å²) in [6, 6.07) is 15.4. The quantitative estimate of drug-likeness (QED) is 0.482. The van der Waals surface area contributed by atoms with Crippen LogP contribution in [0, 0.1) is 0 Å². The highest BCUT2D eigenvalue weighted by atomic mass is 79.9. The van der Waals surface area contributed by atoms with Crippen molar-refractivity contribution in [1.82, 2.24) is 9.97 Å². The van der Waals surface area contributed by atoms with Gasteiger partial charge in [0, 0.05) is 28.0 Å². The Kier molecular flexibility index (Phi) is 4.41. The van der Waals surface area contributed by atoms with Crippen molar-refractivity contribution in [2.75, 3.05) is 0 Å². The molecule has 0 amide bonds. The molecule has 4 rings (SSSR count). The highest BCUT2D eigenvalue weighted by molar-refractivity contribution is 9.10. The van der Waals surface area contributed by atoms with Crippen molar-refractivity contribution in [3.8, 4) is 11.1 Å². The molecule has 2 aromatic carbocycles. The summed E-state index contributed by atoms with van der Waals surface area (Å²) in [5, 5.41) is 3.93. The molecule has 0 radical (unpaired) electrons. The zero-order valence-corrected chi connectivity index (χ0v) is 15.1. The fourth-order valence-electron chi connectivity index (χ4n) is 2.64. The molecule has 6 heteroatoms. The molecule has 2 heterocycles. The molecule has 0 saturated heterocycles. The second-order valence-corrected chi connectivity index (χ2v) is 6.55. The van der Waals surface area contributed by atoms with Crippen LogP contribution in [-0.2, 0) is 9.63 Å². The number of benzene rings is 2. The van der Waals surface area contributed by atoms with Gasteiger partial charge in [-0.1, -0.05) is 57.5 Å². The Labute approximate surface area is 158 Å². The van der Waals surface area contributed by atoms with Gasteiger partial charge in [0.25, 0.3) is 0 Å². The number of halogens is 1. The Bertz CT molecular complexity index is 1030.